The topological polar surface area (TPSA) is 69.7 Å². The minimum absolute atomic E-state index is 0.0447. The zero-order valence-corrected chi connectivity index (χ0v) is 16.1. The Labute approximate surface area is 162 Å². The van der Waals surface area contributed by atoms with Crippen molar-refractivity contribution in [2.24, 2.45) is 0 Å². The van der Waals surface area contributed by atoms with Crippen molar-refractivity contribution in [2.45, 2.75) is 6.92 Å². The quantitative estimate of drug-likeness (QED) is 0.495. The number of hydrogen-bond donors (Lipinski definition) is 0. The standard InChI is InChI=1S/C16H14Cl3NO4S/c1-2-24-16(21)13-7-11(18)8-14(15(13)19)20(9-25(22)23)12-5-3-10(17)4-6-12/h3-8H,2,9H2,1H3,(H,22,23)/p-1. The predicted molar refractivity (Wildman–Crippen MR) is 99.8 cm³/mol. The van der Waals surface area contributed by atoms with Gasteiger partial charge in [0, 0.05) is 15.7 Å². The summed E-state index contributed by atoms with van der Waals surface area (Å²) in [7, 11) is 0. The van der Waals surface area contributed by atoms with Gasteiger partial charge in [-0.3, -0.25) is 4.21 Å². The molecule has 0 aliphatic heterocycles. The normalized spacial score (nSPS) is 11.9. The van der Waals surface area contributed by atoms with Crippen LogP contribution in [0.5, 0.6) is 0 Å². The lowest BCUT2D eigenvalue weighted by molar-refractivity contribution is 0.0526. The molecule has 0 aromatic heterocycles. The van der Waals surface area contributed by atoms with Gasteiger partial charge < -0.3 is 14.2 Å². The summed E-state index contributed by atoms with van der Waals surface area (Å²) in [4.78, 5) is 13.5. The molecule has 5 nitrogen and oxygen atoms in total. The molecule has 0 heterocycles. The van der Waals surface area contributed by atoms with Crippen molar-refractivity contribution in [1.29, 1.82) is 0 Å². The molecule has 0 fully saturated rings. The minimum Gasteiger partial charge on any atom is -0.771 e. The molecule has 25 heavy (non-hydrogen) atoms. The Bertz CT molecular complexity index is 799. The van der Waals surface area contributed by atoms with Crippen LogP contribution in [-0.4, -0.2) is 27.2 Å². The van der Waals surface area contributed by atoms with Crippen molar-refractivity contribution in [3.05, 3.63) is 57.0 Å². The van der Waals surface area contributed by atoms with Gasteiger partial charge in [0.25, 0.3) is 0 Å². The Kier molecular flexibility index (Phi) is 7.10. The molecule has 9 heteroatoms. The molecule has 134 valence electrons. The highest BCUT2D eigenvalue weighted by molar-refractivity contribution is 7.79. The maximum absolute atomic E-state index is 12.1. The second kappa shape index (κ2) is 8.87. The third-order valence-electron chi connectivity index (χ3n) is 3.18. The highest BCUT2D eigenvalue weighted by atomic mass is 35.5. The minimum atomic E-state index is -2.41. The van der Waals surface area contributed by atoms with Gasteiger partial charge in [-0.1, -0.05) is 34.8 Å². The van der Waals surface area contributed by atoms with Crippen LogP contribution in [0.3, 0.4) is 0 Å². The van der Waals surface area contributed by atoms with E-state index in [4.69, 9.17) is 39.5 Å². The summed E-state index contributed by atoms with van der Waals surface area (Å²) < 4.78 is 27.6. The smallest absolute Gasteiger partial charge is 0.339 e. The third kappa shape index (κ3) is 5.09. The molecule has 0 saturated heterocycles. The molecule has 2 aromatic rings. The van der Waals surface area contributed by atoms with Gasteiger partial charge in [-0.15, -0.1) is 0 Å². The molecule has 0 bridgehead atoms. The maximum Gasteiger partial charge on any atom is 0.339 e. The van der Waals surface area contributed by atoms with Crippen LogP contribution >= 0.6 is 34.8 Å². The van der Waals surface area contributed by atoms with E-state index in [0.717, 1.165) is 0 Å². The maximum atomic E-state index is 12.1. The first kappa shape index (κ1) is 20.0. The van der Waals surface area contributed by atoms with Gasteiger partial charge in [-0.2, -0.15) is 0 Å². The van der Waals surface area contributed by atoms with Crippen molar-refractivity contribution >= 4 is 63.2 Å². The Morgan fingerprint density at radius 1 is 1.16 bits per heavy atom. The highest BCUT2D eigenvalue weighted by Crippen LogP contribution is 2.37. The van der Waals surface area contributed by atoms with Gasteiger partial charge in [-0.25, -0.2) is 4.79 Å². The molecule has 1 atom stereocenters. The summed E-state index contributed by atoms with van der Waals surface area (Å²) in [5.41, 5.74) is 0.845. The number of esters is 1. The second-order valence-electron chi connectivity index (χ2n) is 4.84. The lowest BCUT2D eigenvalue weighted by Gasteiger charge is -2.27. The Hall–Kier alpha value is -1.31. The van der Waals surface area contributed by atoms with Gasteiger partial charge in [-0.05, 0) is 54.4 Å². The molecule has 0 N–H and O–H groups in total. The first-order valence-corrected chi connectivity index (χ1v) is 9.46. The zero-order chi connectivity index (χ0) is 18.6. The average molecular weight is 422 g/mol. The van der Waals surface area contributed by atoms with Crippen LogP contribution in [0.2, 0.25) is 15.1 Å². The number of benzene rings is 2. The Balaban J connectivity index is 2.58. The number of nitrogens with zero attached hydrogens (tertiary/aromatic N) is 1. The second-order valence-corrected chi connectivity index (χ2v) is 6.96. The summed E-state index contributed by atoms with van der Waals surface area (Å²) in [6.45, 7) is 1.83. The summed E-state index contributed by atoms with van der Waals surface area (Å²) in [6, 6.07) is 9.35. The fourth-order valence-corrected chi connectivity index (χ4v) is 3.26. The number of hydrogen-bond acceptors (Lipinski definition) is 5. The van der Waals surface area contributed by atoms with Crippen molar-refractivity contribution in [1.82, 2.24) is 0 Å². The van der Waals surface area contributed by atoms with E-state index in [0.29, 0.717) is 10.7 Å². The first-order valence-electron chi connectivity index (χ1n) is 7.08. The summed E-state index contributed by atoms with van der Waals surface area (Å²) in [6.07, 6.45) is 0. The molecule has 0 radical (unpaired) electrons. The van der Waals surface area contributed by atoms with Crippen LogP contribution in [0.4, 0.5) is 11.4 Å². The van der Waals surface area contributed by atoms with Crippen LogP contribution in [0.1, 0.15) is 17.3 Å². The van der Waals surface area contributed by atoms with E-state index in [-0.39, 0.29) is 33.8 Å². The van der Waals surface area contributed by atoms with Crippen LogP contribution in [0.15, 0.2) is 36.4 Å². The predicted octanol–water partition coefficient (Wildman–Crippen LogP) is 4.80. The van der Waals surface area contributed by atoms with Crippen molar-refractivity contribution in [2.75, 3.05) is 17.4 Å². The zero-order valence-electron chi connectivity index (χ0n) is 13.0. The number of rotatable bonds is 6. The number of carbonyl (C=O) groups is 1. The molecule has 2 aromatic carbocycles. The lowest BCUT2D eigenvalue weighted by atomic mass is 10.1. The number of ether oxygens (including phenoxy) is 1. The molecule has 1 unspecified atom stereocenters. The first-order chi connectivity index (χ1) is 11.8. The van der Waals surface area contributed by atoms with Crippen molar-refractivity contribution < 1.29 is 18.3 Å². The van der Waals surface area contributed by atoms with E-state index in [1.165, 1.54) is 17.0 Å². The lowest BCUT2D eigenvalue weighted by Crippen LogP contribution is -2.23. The number of carbonyl (C=O) groups excluding carboxylic acids is 1. The fourth-order valence-electron chi connectivity index (χ4n) is 2.14. The Morgan fingerprint density at radius 2 is 1.80 bits per heavy atom. The van der Waals surface area contributed by atoms with E-state index in [2.05, 4.69) is 0 Å². The average Bonchev–Trinajstić information content (AvgIpc) is 2.55. The molecular formula is C16H13Cl3NO4S-. The van der Waals surface area contributed by atoms with Crippen molar-refractivity contribution in [3.63, 3.8) is 0 Å². The van der Waals surface area contributed by atoms with Gasteiger partial charge in [0.15, 0.2) is 0 Å². The van der Waals surface area contributed by atoms with E-state index in [1.807, 2.05) is 0 Å². The van der Waals surface area contributed by atoms with Gasteiger partial charge >= 0.3 is 5.97 Å². The van der Waals surface area contributed by atoms with Gasteiger partial charge in [0.2, 0.25) is 0 Å². The SMILES string of the molecule is CCOC(=O)c1cc(Cl)cc(N(CS(=O)[O-])c2ccc(Cl)cc2)c1Cl. The van der Waals surface area contributed by atoms with Crippen LogP contribution in [0.25, 0.3) is 0 Å². The van der Waals surface area contributed by atoms with Crippen LogP contribution in [0, 0.1) is 0 Å². The number of anilines is 2. The van der Waals surface area contributed by atoms with E-state index in [9.17, 15) is 13.6 Å². The monoisotopic (exact) mass is 420 g/mol. The molecule has 0 aliphatic carbocycles. The van der Waals surface area contributed by atoms with Crippen LogP contribution < -0.4 is 4.90 Å². The molecular weight excluding hydrogens is 409 g/mol. The largest absolute Gasteiger partial charge is 0.771 e. The summed E-state index contributed by atoms with van der Waals surface area (Å²) in [5, 5.41) is 0.762. The van der Waals surface area contributed by atoms with Crippen LogP contribution in [-0.2, 0) is 15.8 Å². The summed E-state index contributed by atoms with van der Waals surface area (Å²) in [5.74, 6) is -1.03. The van der Waals surface area contributed by atoms with E-state index < -0.39 is 17.0 Å². The summed E-state index contributed by atoms with van der Waals surface area (Å²) >= 11 is 15.9. The molecule has 0 aliphatic rings. The number of halogens is 3. The molecule has 0 saturated carbocycles. The van der Waals surface area contributed by atoms with E-state index >= 15 is 0 Å². The fraction of sp³-hybridized carbons (Fsp3) is 0.188. The van der Waals surface area contributed by atoms with Gasteiger partial charge in [0.05, 0.1) is 28.8 Å². The van der Waals surface area contributed by atoms with E-state index in [1.54, 1.807) is 31.2 Å². The molecule has 0 amide bonds. The molecule has 0 spiro atoms. The third-order valence-corrected chi connectivity index (χ3v) is 4.51. The van der Waals surface area contributed by atoms with Crippen molar-refractivity contribution in [3.8, 4) is 0 Å². The van der Waals surface area contributed by atoms with Gasteiger partial charge in [0.1, 0.15) is 0 Å². The Morgan fingerprint density at radius 3 is 2.36 bits per heavy atom. The highest BCUT2D eigenvalue weighted by Gasteiger charge is 2.21. The molecule has 2 rings (SSSR count).